The quantitative estimate of drug-likeness (QED) is 0.0199. The minimum absolute atomic E-state index is 0.250. The number of allylic oxidation sites excluding steroid dienone is 1. The minimum atomic E-state index is -1.98. The molecular formula is C73H139NO18. The van der Waals surface area contributed by atoms with Gasteiger partial charge in [0.25, 0.3) is 0 Å². The fourth-order valence-corrected chi connectivity index (χ4v) is 13.2. The Morgan fingerprint density at radius 3 is 1.02 bits per heavy atom. The predicted molar refractivity (Wildman–Crippen MR) is 360 cm³/mol. The predicted octanol–water partition coefficient (Wildman–Crippen LogP) is 11.2. The van der Waals surface area contributed by atoms with Crippen molar-refractivity contribution >= 4 is 5.91 Å². The van der Waals surface area contributed by atoms with Gasteiger partial charge in [0.05, 0.1) is 38.6 Å². The highest BCUT2D eigenvalue weighted by atomic mass is 16.8. The molecular weight excluding hydrogens is 1180 g/mol. The maximum Gasteiger partial charge on any atom is 0.220 e. The van der Waals surface area contributed by atoms with Crippen LogP contribution in [0.3, 0.4) is 0 Å². The Balaban J connectivity index is 1.38. The molecule has 3 aliphatic rings. The van der Waals surface area contributed by atoms with Gasteiger partial charge < -0.3 is 89.9 Å². The number of rotatable bonds is 60. The van der Waals surface area contributed by atoms with E-state index in [1.165, 1.54) is 244 Å². The number of hydrogen-bond donors (Lipinski definition) is 12. The summed E-state index contributed by atoms with van der Waals surface area (Å²) in [6.07, 6.45) is 36.3. The molecule has 0 aromatic heterocycles. The van der Waals surface area contributed by atoms with Crippen LogP contribution in [0.4, 0.5) is 0 Å². The van der Waals surface area contributed by atoms with Gasteiger partial charge in [-0.25, -0.2) is 0 Å². The number of nitrogens with one attached hydrogen (secondary N) is 1. The van der Waals surface area contributed by atoms with Gasteiger partial charge in [-0.1, -0.05) is 302 Å². The maximum atomic E-state index is 13.4. The monoisotopic (exact) mass is 1320 g/mol. The fraction of sp³-hybridized carbons (Fsp3) is 0.959. The Morgan fingerprint density at radius 2 is 0.674 bits per heavy atom. The van der Waals surface area contributed by atoms with E-state index in [0.29, 0.717) is 6.42 Å². The maximum absolute atomic E-state index is 13.4. The van der Waals surface area contributed by atoms with Crippen LogP contribution in [0.15, 0.2) is 12.2 Å². The first-order valence-electron chi connectivity index (χ1n) is 37.9. The van der Waals surface area contributed by atoms with Crippen molar-refractivity contribution in [2.45, 2.75) is 420 Å². The second-order valence-corrected chi connectivity index (χ2v) is 27.5. The zero-order valence-electron chi connectivity index (χ0n) is 57.8. The van der Waals surface area contributed by atoms with Crippen molar-refractivity contribution in [3.63, 3.8) is 0 Å². The molecule has 17 unspecified atom stereocenters. The number of unbranched alkanes of at least 4 members (excludes halogenated alkanes) is 44. The van der Waals surface area contributed by atoms with E-state index in [1.807, 2.05) is 6.08 Å². The lowest BCUT2D eigenvalue weighted by molar-refractivity contribution is -0.379. The molecule has 0 spiro atoms. The van der Waals surface area contributed by atoms with Crippen molar-refractivity contribution < 1.29 is 89.4 Å². The summed E-state index contributed by atoms with van der Waals surface area (Å²) in [4.78, 5) is 13.4. The molecule has 1 amide bonds. The Morgan fingerprint density at radius 1 is 0.380 bits per heavy atom. The number of carbonyl (C=O) groups is 1. The molecule has 12 N–H and O–H groups in total. The van der Waals surface area contributed by atoms with Crippen LogP contribution in [0.25, 0.3) is 0 Å². The third-order valence-electron chi connectivity index (χ3n) is 19.3. The number of hydrogen-bond acceptors (Lipinski definition) is 18. The van der Waals surface area contributed by atoms with Crippen LogP contribution in [-0.4, -0.2) is 193 Å². The lowest BCUT2D eigenvalue weighted by atomic mass is 9.96. The van der Waals surface area contributed by atoms with Gasteiger partial charge >= 0.3 is 0 Å². The Bertz CT molecular complexity index is 1720. The van der Waals surface area contributed by atoms with E-state index in [4.69, 9.17) is 28.4 Å². The average molecular weight is 1320 g/mol. The molecule has 92 heavy (non-hydrogen) atoms. The van der Waals surface area contributed by atoms with E-state index in [9.17, 15) is 61.0 Å². The SMILES string of the molecule is CCCCCCCCCCCCCCCCCC/C=C/C(O)C(COC1OC(CO)C(OC2OC(CO)C(OC3OC(CO)C(O)C(O)C3O)C(O)C2O)C(O)C1O)NC(=O)CCCCCCCCCCCCCCCCCCCCCCCCCCCCCCC. The zero-order valence-corrected chi connectivity index (χ0v) is 57.8. The van der Waals surface area contributed by atoms with Crippen molar-refractivity contribution in [1.82, 2.24) is 5.32 Å². The summed E-state index contributed by atoms with van der Waals surface area (Å²) in [5, 5.41) is 121. The second kappa shape index (κ2) is 55.4. The molecule has 3 heterocycles. The van der Waals surface area contributed by atoms with Crippen LogP contribution in [0.1, 0.15) is 316 Å². The highest BCUT2D eigenvalue weighted by Crippen LogP contribution is 2.33. The largest absolute Gasteiger partial charge is 0.394 e. The molecule has 0 aliphatic carbocycles. The summed E-state index contributed by atoms with van der Waals surface area (Å²) in [5.74, 6) is -0.268. The minimum Gasteiger partial charge on any atom is -0.394 e. The molecule has 3 fully saturated rings. The summed E-state index contributed by atoms with van der Waals surface area (Å²) in [6, 6.07) is -0.969. The first-order valence-corrected chi connectivity index (χ1v) is 37.9. The standard InChI is InChI=1S/C73H139NO18/c1-3-5-7-9-11-13-15-17-19-21-23-24-25-26-27-28-29-30-31-32-33-35-37-39-41-43-45-47-49-51-61(79)74-56(57(78)50-48-46-44-42-40-38-36-34-22-20-18-16-14-12-10-8-6-4-2)55-87-71-67(85)64(82)69(59(53-76)89-71)92-73-68(86)65(83)70(60(54-77)90-73)91-72-66(84)63(81)62(80)58(52-75)88-72/h48,50,56-60,62-73,75-78,80-86H,3-47,49,51-55H2,1-2H3,(H,74,79)/b50-48+. The smallest absolute Gasteiger partial charge is 0.220 e. The Labute approximate surface area is 556 Å². The van der Waals surface area contributed by atoms with Crippen molar-refractivity contribution in [2.75, 3.05) is 26.4 Å². The molecule has 17 atom stereocenters. The van der Waals surface area contributed by atoms with Crippen molar-refractivity contribution in [2.24, 2.45) is 0 Å². The molecule has 544 valence electrons. The van der Waals surface area contributed by atoms with Crippen LogP contribution in [0, 0.1) is 0 Å². The van der Waals surface area contributed by atoms with Crippen LogP contribution < -0.4 is 5.32 Å². The highest BCUT2D eigenvalue weighted by Gasteiger charge is 2.53. The highest BCUT2D eigenvalue weighted by molar-refractivity contribution is 5.76. The summed E-state index contributed by atoms with van der Waals surface area (Å²) in [6.45, 7) is 1.79. The van der Waals surface area contributed by atoms with Gasteiger partial charge in [0.2, 0.25) is 5.91 Å². The first-order chi connectivity index (χ1) is 44.8. The van der Waals surface area contributed by atoms with Gasteiger partial charge in [-0.2, -0.15) is 0 Å². The van der Waals surface area contributed by atoms with E-state index in [2.05, 4.69) is 19.2 Å². The van der Waals surface area contributed by atoms with Gasteiger partial charge in [0.15, 0.2) is 18.9 Å². The molecule has 0 bridgehead atoms. The molecule has 0 aromatic carbocycles. The van der Waals surface area contributed by atoms with Crippen LogP contribution in [0.2, 0.25) is 0 Å². The fourth-order valence-electron chi connectivity index (χ4n) is 13.2. The van der Waals surface area contributed by atoms with E-state index in [-0.39, 0.29) is 18.9 Å². The van der Waals surface area contributed by atoms with Gasteiger partial charge in [-0.05, 0) is 19.3 Å². The topological polar surface area (TPSA) is 307 Å². The van der Waals surface area contributed by atoms with E-state index >= 15 is 0 Å². The van der Waals surface area contributed by atoms with Crippen molar-refractivity contribution in [3.05, 3.63) is 12.2 Å². The molecule has 3 saturated heterocycles. The summed E-state index contributed by atoms with van der Waals surface area (Å²) < 4.78 is 34.4. The van der Waals surface area contributed by atoms with Gasteiger partial charge in [0, 0.05) is 6.42 Å². The Kier molecular flexibility index (Phi) is 51.0. The lowest BCUT2D eigenvalue weighted by Crippen LogP contribution is -2.66. The zero-order chi connectivity index (χ0) is 66.8. The number of aliphatic hydroxyl groups excluding tert-OH is 11. The lowest BCUT2D eigenvalue weighted by Gasteiger charge is -2.48. The van der Waals surface area contributed by atoms with E-state index in [0.717, 1.165) is 44.9 Å². The second-order valence-electron chi connectivity index (χ2n) is 27.5. The summed E-state index contributed by atoms with van der Waals surface area (Å²) in [7, 11) is 0. The Hall–Kier alpha value is -1.47. The molecule has 19 heteroatoms. The number of amides is 1. The van der Waals surface area contributed by atoms with Crippen LogP contribution in [0.5, 0.6) is 0 Å². The van der Waals surface area contributed by atoms with Crippen molar-refractivity contribution in [3.8, 4) is 0 Å². The van der Waals surface area contributed by atoms with E-state index < -0.39 is 124 Å². The molecule has 3 aliphatic heterocycles. The summed E-state index contributed by atoms with van der Waals surface area (Å²) in [5.41, 5.74) is 0. The third-order valence-corrected chi connectivity index (χ3v) is 19.3. The number of ether oxygens (including phenoxy) is 6. The molecule has 3 rings (SSSR count). The van der Waals surface area contributed by atoms with Crippen LogP contribution >= 0.6 is 0 Å². The molecule has 19 nitrogen and oxygen atoms in total. The molecule has 0 saturated carbocycles. The molecule has 0 radical (unpaired) electrons. The van der Waals surface area contributed by atoms with Crippen molar-refractivity contribution in [1.29, 1.82) is 0 Å². The van der Waals surface area contributed by atoms with E-state index in [1.54, 1.807) is 6.08 Å². The van der Waals surface area contributed by atoms with Gasteiger partial charge in [-0.3, -0.25) is 4.79 Å². The molecule has 0 aromatic rings. The summed E-state index contributed by atoms with van der Waals surface area (Å²) >= 11 is 0. The third kappa shape index (κ3) is 36.4. The number of aliphatic hydroxyl groups is 11. The normalized spacial score (nSPS) is 27.7. The number of carbonyl (C=O) groups excluding carboxylic acids is 1. The average Bonchev–Trinajstić information content (AvgIpc) is 0.856. The first kappa shape index (κ1) is 84.8. The van der Waals surface area contributed by atoms with Gasteiger partial charge in [0.1, 0.15) is 73.2 Å². The van der Waals surface area contributed by atoms with Gasteiger partial charge in [-0.15, -0.1) is 0 Å². The van der Waals surface area contributed by atoms with Crippen LogP contribution in [-0.2, 0) is 33.2 Å².